The van der Waals surface area contributed by atoms with Crippen LogP contribution in [-0.2, 0) is 17.9 Å². The maximum atomic E-state index is 13.3. The van der Waals surface area contributed by atoms with Gasteiger partial charge in [-0.25, -0.2) is 9.79 Å². The largest absolute Gasteiger partial charge is 0.331 e. The molecule has 6 nitrogen and oxygen atoms in total. The molecular formula is C20H17BrCl2N4O2. The molecule has 29 heavy (non-hydrogen) atoms. The van der Waals surface area contributed by atoms with Crippen LogP contribution in [0.25, 0.3) is 0 Å². The maximum Gasteiger partial charge on any atom is 0.328 e. The maximum absolute atomic E-state index is 13.3. The molecule has 2 heterocycles. The smallest absolute Gasteiger partial charge is 0.328 e. The van der Waals surface area contributed by atoms with Crippen molar-refractivity contribution in [2.75, 3.05) is 7.05 Å². The molecule has 1 saturated heterocycles. The van der Waals surface area contributed by atoms with Gasteiger partial charge < -0.3 is 9.80 Å². The molecule has 0 N–H and O–H groups in total. The van der Waals surface area contributed by atoms with Gasteiger partial charge in [0.05, 0.1) is 6.54 Å². The summed E-state index contributed by atoms with van der Waals surface area (Å²) in [5.74, 6) is -0.293. The third kappa shape index (κ3) is 3.74. The first-order chi connectivity index (χ1) is 13.9. The Morgan fingerprint density at radius 3 is 2.41 bits per heavy atom. The molecule has 2 unspecified atom stereocenters. The number of likely N-dealkylation sites (N-methyl/N-ethyl adjacent to an activating group) is 1. The zero-order chi connectivity index (χ0) is 20.7. The molecule has 0 radical (unpaired) electrons. The Bertz CT molecular complexity index is 998. The van der Waals surface area contributed by atoms with Crippen molar-refractivity contribution in [3.8, 4) is 0 Å². The van der Waals surface area contributed by atoms with Crippen molar-refractivity contribution in [3.05, 3.63) is 69.7 Å². The van der Waals surface area contributed by atoms with Crippen LogP contribution >= 0.6 is 39.1 Å². The summed E-state index contributed by atoms with van der Waals surface area (Å²) in [5.41, 5.74) is 1.69. The topological polar surface area (TPSA) is 56.2 Å². The first kappa shape index (κ1) is 20.2. The lowest BCUT2D eigenvalue weighted by Crippen LogP contribution is -2.64. The second-order valence-corrected chi connectivity index (χ2v) is 8.47. The average molecular weight is 496 g/mol. The summed E-state index contributed by atoms with van der Waals surface area (Å²) in [4.78, 5) is 35.3. The van der Waals surface area contributed by atoms with E-state index in [2.05, 4.69) is 20.9 Å². The molecule has 4 rings (SSSR count). The Morgan fingerprint density at radius 1 is 1.03 bits per heavy atom. The Hall–Kier alpha value is -2.09. The number of amides is 3. The van der Waals surface area contributed by atoms with Gasteiger partial charge in [0.15, 0.2) is 17.0 Å². The fourth-order valence-electron chi connectivity index (χ4n) is 3.54. The number of halogens is 3. The van der Waals surface area contributed by atoms with E-state index >= 15 is 0 Å². The van der Waals surface area contributed by atoms with Gasteiger partial charge in [-0.05, 0) is 45.3 Å². The van der Waals surface area contributed by atoms with Crippen LogP contribution in [0.15, 0.2) is 53.5 Å². The standard InChI is InChI=1S/C20H17BrCl2N4O2/c1-25-17-16(26(19(21)24-17)11-13-4-2-3-5-15(13)23)18(28)27(20(25)29)10-12-6-8-14(22)9-7-12/h2-9,16-17H,10-11H2,1H3. The summed E-state index contributed by atoms with van der Waals surface area (Å²) in [6, 6.07) is 13.5. The molecule has 2 aromatic rings. The minimum absolute atomic E-state index is 0.167. The van der Waals surface area contributed by atoms with Crippen LogP contribution in [-0.4, -0.2) is 50.6 Å². The highest BCUT2D eigenvalue weighted by atomic mass is 79.9. The number of imide groups is 1. The van der Waals surface area contributed by atoms with E-state index in [0.29, 0.717) is 21.3 Å². The summed E-state index contributed by atoms with van der Waals surface area (Å²) < 4.78 is 0.522. The van der Waals surface area contributed by atoms with Crippen LogP contribution < -0.4 is 0 Å². The van der Waals surface area contributed by atoms with Gasteiger partial charge >= 0.3 is 6.03 Å². The zero-order valence-corrected chi connectivity index (χ0v) is 18.5. The quantitative estimate of drug-likeness (QED) is 0.592. The second kappa shape index (κ2) is 7.97. The van der Waals surface area contributed by atoms with E-state index < -0.39 is 12.2 Å². The van der Waals surface area contributed by atoms with Crippen molar-refractivity contribution in [1.29, 1.82) is 0 Å². The Morgan fingerprint density at radius 2 is 1.72 bits per heavy atom. The summed E-state index contributed by atoms with van der Waals surface area (Å²) in [6.45, 7) is 0.563. The number of urea groups is 1. The zero-order valence-electron chi connectivity index (χ0n) is 15.4. The number of hydrogen-bond donors (Lipinski definition) is 0. The number of nitrogens with zero attached hydrogens (tertiary/aromatic N) is 4. The molecule has 150 valence electrons. The highest BCUT2D eigenvalue weighted by molar-refractivity contribution is 9.18. The molecule has 0 aromatic heterocycles. The predicted octanol–water partition coefficient (Wildman–Crippen LogP) is 4.35. The lowest BCUT2D eigenvalue weighted by Gasteiger charge is -2.41. The molecule has 3 amide bonds. The van der Waals surface area contributed by atoms with Gasteiger partial charge in [0.1, 0.15) is 0 Å². The van der Waals surface area contributed by atoms with Crippen LogP contribution in [0.1, 0.15) is 11.1 Å². The number of hydrogen-bond acceptors (Lipinski definition) is 4. The van der Waals surface area contributed by atoms with Gasteiger partial charge in [0, 0.05) is 23.6 Å². The first-order valence-electron chi connectivity index (χ1n) is 8.93. The number of carbonyl (C=O) groups is 2. The molecule has 2 aliphatic rings. The van der Waals surface area contributed by atoms with E-state index in [9.17, 15) is 9.59 Å². The van der Waals surface area contributed by atoms with Crippen molar-refractivity contribution in [3.63, 3.8) is 0 Å². The van der Waals surface area contributed by atoms with E-state index in [4.69, 9.17) is 23.2 Å². The number of benzene rings is 2. The van der Waals surface area contributed by atoms with Crippen LogP contribution in [0.2, 0.25) is 10.0 Å². The lowest BCUT2D eigenvalue weighted by atomic mass is 10.1. The second-order valence-electron chi connectivity index (χ2n) is 6.92. The van der Waals surface area contributed by atoms with Crippen LogP contribution in [0, 0.1) is 0 Å². The van der Waals surface area contributed by atoms with E-state index in [1.807, 2.05) is 23.1 Å². The van der Waals surface area contributed by atoms with Gasteiger partial charge in [0.2, 0.25) is 0 Å². The molecule has 2 aliphatic heterocycles. The molecule has 1 fully saturated rings. The predicted molar refractivity (Wildman–Crippen MR) is 116 cm³/mol. The summed E-state index contributed by atoms with van der Waals surface area (Å²) in [7, 11) is 1.66. The monoisotopic (exact) mass is 494 g/mol. The summed E-state index contributed by atoms with van der Waals surface area (Å²) in [5, 5.41) is 1.21. The molecule has 2 aromatic carbocycles. The summed E-state index contributed by atoms with van der Waals surface area (Å²) in [6.07, 6.45) is -0.590. The Balaban J connectivity index is 1.62. The molecule has 0 saturated carbocycles. The van der Waals surface area contributed by atoms with E-state index in [-0.39, 0.29) is 18.5 Å². The highest BCUT2D eigenvalue weighted by Gasteiger charge is 2.51. The Labute approximate surface area is 186 Å². The van der Waals surface area contributed by atoms with Gasteiger partial charge in [0.25, 0.3) is 5.91 Å². The molecule has 0 aliphatic carbocycles. The minimum Gasteiger partial charge on any atom is -0.331 e. The van der Waals surface area contributed by atoms with Crippen LogP contribution in [0.4, 0.5) is 4.79 Å². The van der Waals surface area contributed by atoms with Gasteiger partial charge in [-0.2, -0.15) is 0 Å². The first-order valence-corrected chi connectivity index (χ1v) is 10.5. The van der Waals surface area contributed by atoms with Crippen molar-refractivity contribution in [1.82, 2.24) is 14.7 Å². The normalized spacial score (nSPS) is 21.5. The molecular weight excluding hydrogens is 479 g/mol. The average Bonchev–Trinajstić information content (AvgIpc) is 3.03. The number of carbonyl (C=O) groups excluding carboxylic acids is 2. The van der Waals surface area contributed by atoms with Gasteiger partial charge in [-0.15, -0.1) is 0 Å². The molecule has 2 atom stereocenters. The Kier molecular flexibility index (Phi) is 5.55. The highest BCUT2D eigenvalue weighted by Crippen LogP contribution is 2.32. The van der Waals surface area contributed by atoms with E-state index in [1.54, 1.807) is 37.4 Å². The number of amidine groups is 1. The SMILES string of the molecule is CN1C(=O)N(Cc2ccc(Cl)cc2)C(=O)C2C1N=C(Br)N2Cc1ccccc1Cl. The molecule has 0 bridgehead atoms. The van der Waals surface area contributed by atoms with E-state index in [1.165, 1.54) is 9.80 Å². The third-order valence-electron chi connectivity index (χ3n) is 5.09. The molecule has 9 heteroatoms. The van der Waals surface area contributed by atoms with Crippen LogP contribution in [0.5, 0.6) is 0 Å². The fourth-order valence-corrected chi connectivity index (χ4v) is 4.42. The van der Waals surface area contributed by atoms with Crippen LogP contribution in [0.3, 0.4) is 0 Å². The summed E-state index contributed by atoms with van der Waals surface area (Å²) >= 11 is 15.7. The van der Waals surface area contributed by atoms with Crippen molar-refractivity contribution in [2.24, 2.45) is 4.99 Å². The van der Waals surface area contributed by atoms with Crippen molar-refractivity contribution >= 4 is 55.8 Å². The minimum atomic E-state index is -0.629. The van der Waals surface area contributed by atoms with E-state index in [0.717, 1.165) is 11.1 Å². The van der Waals surface area contributed by atoms with Gasteiger partial charge in [-0.3, -0.25) is 9.69 Å². The van der Waals surface area contributed by atoms with Gasteiger partial charge in [-0.1, -0.05) is 53.5 Å². The number of fused-ring (bicyclic) bond motifs is 1. The number of aliphatic imine (C=N–C) groups is 1. The lowest BCUT2D eigenvalue weighted by molar-refractivity contribution is -0.138. The van der Waals surface area contributed by atoms with Crippen molar-refractivity contribution in [2.45, 2.75) is 25.3 Å². The third-order valence-corrected chi connectivity index (χ3v) is 6.38. The number of rotatable bonds is 4. The fraction of sp³-hybridized carbons (Fsp3) is 0.250. The molecule has 0 spiro atoms. The van der Waals surface area contributed by atoms with Crippen molar-refractivity contribution < 1.29 is 9.59 Å².